The van der Waals surface area contributed by atoms with Crippen LogP contribution in [0.1, 0.15) is 37.0 Å². The van der Waals surface area contributed by atoms with Crippen LogP contribution in [0.4, 0.5) is 0 Å². The molecule has 1 unspecified atom stereocenters. The van der Waals surface area contributed by atoms with E-state index in [1.165, 1.54) is 5.56 Å². The highest BCUT2D eigenvalue weighted by Crippen LogP contribution is 2.32. The van der Waals surface area contributed by atoms with Gasteiger partial charge in [0.05, 0.1) is 12.7 Å². The molecule has 0 amide bonds. The van der Waals surface area contributed by atoms with Crippen LogP contribution in [0, 0.1) is 0 Å². The molecule has 1 N–H and O–H groups in total. The van der Waals surface area contributed by atoms with E-state index < -0.39 is 0 Å². The number of benzene rings is 1. The van der Waals surface area contributed by atoms with Crippen LogP contribution in [-0.2, 0) is 11.2 Å². The lowest BCUT2D eigenvalue weighted by Crippen LogP contribution is -2.18. The standard InChI is InChI=1S/C14H20O3/c1-10(9-16-2)17-12-7-6-11-4-3-5-14(15)13(11)8-12/h6-8,10,14-15H,3-5,9H2,1-2H3/t10?,14-/m0/s1. The number of hydrogen-bond acceptors (Lipinski definition) is 3. The molecular weight excluding hydrogens is 216 g/mol. The van der Waals surface area contributed by atoms with Gasteiger partial charge in [0.1, 0.15) is 11.9 Å². The fourth-order valence-electron chi connectivity index (χ4n) is 2.33. The molecule has 1 aliphatic carbocycles. The van der Waals surface area contributed by atoms with Crippen molar-refractivity contribution in [1.29, 1.82) is 0 Å². The summed E-state index contributed by atoms with van der Waals surface area (Å²) in [4.78, 5) is 0. The highest BCUT2D eigenvalue weighted by Gasteiger charge is 2.18. The molecule has 0 radical (unpaired) electrons. The Morgan fingerprint density at radius 3 is 3.06 bits per heavy atom. The average Bonchev–Trinajstić information content (AvgIpc) is 2.30. The van der Waals surface area contributed by atoms with Gasteiger partial charge in [-0.1, -0.05) is 6.07 Å². The van der Waals surface area contributed by atoms with E-state index in [0.717, 1.165) is 30.6 Å². The molecule has 3 heteroatoms. The predicted molar refractivity (Wildman–Crippen MR) is 66.3 cm³/mol. The molecule has 0 aromatic heterocycles. The summed E-state index contributed by atoms with van der Waals surface area (Å²) in [7, 11) is 1.66. The van der Waals surface area contributed by atoms with Crippen LogP contribution in [0.3, 0.4) is 0 Å². The lowest BCUT2D eigenvalue weighted by molar-refractivity contribution is 0.0915. The van der Waals surface area contributed by atoms with Crippen molar-refractivity contribution < 1.29 is 14.6 Å². The van der Waals surface area contributed by atoms with E-state index in [4.69, 9.17) is 9.47 Å². The van der Waals surface area contributed by atoms with Gasteiger partial charge in [-0.25, -0.2) is 0 Å². The molecular formula is C14H20O3. The summed E-state index contributed by atoms with van der Waals surface area (Å²) < 4.78 is 10.8. The van der Waals surface area contributed by atoms with Gasteiger partial charge in [-0.3, -0.25) is 0 Å². The van der Waals surface area contributed by atoms with E-state index in [1.807, 2.05) is 19.1 Å². The maximum absolute atomic E-state index is 9.94. The highest BCUT2D eigenvalue weighted by molar-refractivity contribution is 5.38. The number of ether oxygens (including phenoxy) is 2. The van der Waals surface area contributed by atoms with E-state index in [-0.39, 0.29) is 12.2 Å². The highest BCUT2D eigenvalue weighted by atomic mass is 16.5. The Labute approximate surface area is 102 Å². The van der Waals surface area contributed by atoms with Gasteiger partial charge in [-0.15, -0.1) is 0 Å². The minimum Gasteiger partial charge on any atom is -0.488 e. The van der Waals surface area contributed by atoms with Crippen molar-refractivity contribution in [2.75, 3.05) is 13.7 Å². The summed E-state index contributed by atoms with van der Waals surface area (Å²) in [5.41, 5.74) is 2.27. The van der Waals surface area contributed by atoms with Crippen molar-refractivity contribution in [3.8, 4) is 5.75 Å². The molecule has 3 nitrogen and oxygen atoms in total. The van der Waals surface area contributed by atoms with Gasteiger partial charge in [-0.05, 0) is 49.4 Å². The largest absolute Gasteiger partial charge is 0.488 e. The predicted octanol–water partition coefficient (Wildman–Crippen LogP) is 2.47. The third-order valence-corrected chi connectivity index (χ3v) is 3.14. The molecule has 0 spiro atoms. The van der Waals surface area contributed by atoms with Gasteiger partial charge < -0.3 is 14.6 Å². The number of hydrogen-bond donors (Lipinski definition) is 1. The molecule has 0 heterocycles. The summed E-state index contributed by atoms with van der Waals surface area (Å²) in [5.74, 6) is 0.814. The lowest BCUT2D eigenvalue weighted by atomic mass is 9.89. The first kappa shape index (κ1) is 12.4. The molecule has 0 aliphatic heterocycles. The number of methoxy groups -OCH3 is 1. The third kappa shape index (κ3) is 2.99. The van der Waals surface area contributed by atoms with Crippen LogP contribution in [0.15, 0.2) is 18.2 Å². The minimum atomic E-state index is -0.333. The second-order valence-electron chi connectivity index (χ2n) is 4.65. The summed E-state index contributed by atoms with van der Waals surface area (Å²) >= 11 is 0. The summed E-state index contributed by atoms with van der Waals surface area (Å²) in [5, 5.41) is 9.94. The Hall–Kier alpha value is -1.06. The smallest absolute Gasteiger partial charge is 0.120 e. The molecule has 1 aromatic rings. The zero-order valence-electron chi connectivity index (χ0n) is 10.5. The molecule has 0 bridgehead atoms. The maximum Gasteiger partial charge on any atom is 0.120 e. The van der Waals surface area contributed by atoms with Crippen molar-refractivity contribution in [1.82, 2.24) is 0 Å². The molecule has 0 saturated carbocycles. The molecule has 1 aromatic carbocycles. The molecule has 2 rings (SSSR count). The first-order valence-corrected chi connectivity index (χ1v) is 6.17. The van der Waals surface area contributed by atoms with E-state index in [1.54, 1.807) is 7.11 Å². The van der Waals surface area contributed by atoms with E-state index in [2.05, 4.69) is 6.07 Å². The second kappa shape index (κ2) is 5.52. The van der Waals surface area contributed by atoms with Crippen molar-refractivity contribution in [3.63, 3.8) is 0 Å². The number of aliphatic hydroxyl groups excluding tert-OH is 1. The van der Waals surface area contributed by atoms with Crippen molar-refractivity contribution >= 4 is 0 Å². The van der Waals surface area contributed by atoms with E-state index in [0.29, 0.717) is 6.61 Å². The fourth-order valence-corrected chi connectivity index (χ4v) is 2.33. The monoisotopic (exact) mass is 236 g/mol. The Kier molecular flexibility index (Phi) is 4.02. The van der Waals surface area contributed by atoms with Crippen molar-refractivity contribution in [2.45, 2.75) is 38.4 Å². The van der Waals surface area contributed by atoms with Crippen LogP contribution in [-0.4, -0.2) is 24.9 Å². The van der Waals surface area contributed by atoms with Crippen LogP contribution in [0.5, 0.6) is 5.75 Å². The molecule has 94 valence electrons. The van der Waals surface area contributed by atoms with Gasteiger partial charge in [-0.2, -0.15) is 0 Å². The summed E-state index contributed by atoms with van der Waals surface area (Å²) in [6.45, 7) is 2.54. The van der Waals surface area contributed by atoms with Crippen LogP contribution >= 0.6 is 0 Å². The average molecular weight is 236 g/mol. The maximum atomic E-state index is 9.94. The van der Waals surface area contributed by atoms with E-state index in [9.17, 15) is 5.11 Å². The van der Waals surface area contributed by atoms with Crippen LogP contribution < -0.4 is 4.74 Å². The molecule has 2 atom stereocenters. The summed E-state index contributed by atoms with van der Waals surface area (Å²) in [6, 6.07) is 6.00. The number of aryl methyl sites for hydroxylation is 1. The van der Waals surface area contributed by atoms with Gasteiger partial charge >= 0.3 is 0 Å². The first-order chi connectivity index (χ1) is 8.20. The topological polar surface area (TPSA) is 38.7 Å². The number of rotatable bonds is 4. The molecule has 1 aliphatic rings. The van der Waals surface area contributed by atoms with Gasteiger partial charge in [0.25, 0.3) is 0 Å². The Morgan fingerprint density at radius 2 is 2.29 bits per heavy atom. The zero-order valence-corrected chi connectivity index (χ0v) is 10.5. The Morgan fingerprint density at radius 1 is 1.47 bits per heavy atom. The molecule has 0 saturated heterocycles. The number of aliphatic hydroxyl groups is 1. The zero-order chi connectivity index (χ0) is 12.3. The van der Waals surface area contributed by atoms with Gasteiger partial charge in [0.2, 0.25) is 0 Å². The SMILES string of the molecule is COCC(C)Oc1ccc2c(c1)[C@@H](O)CCC2. The van der Waals surface area contributed by atoms with Gasteiger partial charge in [0.15, 0.2) is 0 Å². The molecule has 17 heavy (non-hydrogen) atoms. The number of fused-ring (bicyclic) bond motifs is 1. The van der Waals surface area contributed by atoms with Gasteiger partial charge in [0, 0.05) is 7.11 Å². The fraction of sp³-hybridized carbons (Fsp3) is 0.571. The Balaban J connectivity index is 2.12. The minimum absolute atomic E-state index is 0.0267. The van der Waals surface area contributed by atoms with E-state index >= 15 is 0 Å². The van der Waals surface area contributed by atoms with Crippen LogP contribution in [0.2, 0.25) is 0 Å². The lowest BCUT2D eigenvalue weighted by Gasteiger charge is -2.23. The van der Waals surface area contributed by atoms with Crippen molar-refractivity contribution in [3.05, 3.63) is 29.3 Å². The third-order valence-electron chi connectivity index (χ3n) is 3.14. The Bertz CT molecular complexity index is 376. The quantitative estimate of drug-likeness (QED) is 0.872. The summed E-state index contributed by atoms with van der Waals surface area (Å²) in [6.07, 6.45) is 2.66. The van der Waals surface area contributed by atoms with Crippen LogP contribution in [0.25, 0.3) is 0 Å². The molecule has 0 fully saturated rings. The normalized spacial score (nSPS) is 20.8. The van der Waals surface area contributed by atoms with Crippen molar-refractivity contribution in [2.24, 2.45) is 0 Å². The second-order valence-corrected chi connectivity index (χ2v) is 4.65. The first-order valence-electron chi connectivity index (χ1n) is 6.17.